The quantitative estimate of drug-likeness (QED) is 0.270. The van der Waals surface area contributed by atoms with Gasteiger partial charge in [-0.25, -0.2) is 0 Å². The van der Waals surface area contributed by atoms with Gasteiger partial charge in [-0.05, 0) is 19.3 Å². The van der Waals surface area contributed by atoms with E-state index in [0.717, 1.165) is 0 Å². The summed E-state index contributed by atoms with van der Waals surface area (Å²) in [5, 5.41) is 27.0. The Labute approximate surface area is 153 Å². The van der Waals surface area contributed by atoms with Crippen LogP contribution in [0, 0.1) is 5.92 Å². The molecule has 1 aliphatic rings. The van der Waals surface area contributed by atoms with Gasteiger partial charge < -0.3 is 31.9 Å². The molecule has 9 nitrogen and oxygen atoms in total. The van der Waals surface area contributed by atoms with Crippen LogP contribution in [-0.2, 0) is 14.4 Å². The summed E-state index contributed by atoms with van der Waals surface area (Å²) >= 11 is 0. The van der Waals surface area contributed by atoms with Gasteiger partial charge in [-0.1, -0.05) is 19.9 Å². The molecule has 0 radical (unpaired) electrons. The standard InChI is InChI=1S/C17H30N4O5/c1-8(2)5-12(15(18)24)21-17(26)10-6-11(14(23)13(22)7-10)20-16(25)9(3)19-4/h6,8-9,11-14,19,22-23H,5,7H2,1-4H3,(H2,18,24)(H,20,25)(H,21,26)/p+1/t9-,11+,12+,13+,14+/m0/s1. The number of likely N-dealkylation sites (N-methyl/N-ethyl adjacent to an activating group) is 1. The number of aliphatic hydroxyl groups is 2. The van der Waals surface area contributed by atoms with Crippen LogP contribution in [0.5, 0.6) is 0 Å². The van der Waals surface area contributed by atoms with Crippen LogP contribution in [0.1, 0.15) is 33.6 Å². The van der Waals surface area contributed by atoms with Crippen molar-refractivity contribution in [1.82, 2.24) is 10.6 Å². The van der Waals surface area contributed by atoms with Crippen LogP contribution in [-0.4, -0.2) is 65.3 Å². The second-order valence-corrected chi connectivity index (χ2v) is 7.17. The van der Waals surface area contributed by atoms with Crippen molar-refractivity contribution in [3.05, 3.63) is 11.6 Å². The Morgan fingerprint density at radius 3 is 2.42 bits per heavy atom. The van der Waals surface area contributed by atoms with Gasteiger partial charge in [-0.3, -0.25) is 14.4 Å². The molecule has 5 atom stereocenters. The minimum Gasteiger partial charge on any atom is -0.390 e. The fourth-order valence-electron chi connectivity index (χ4n) is 2.68. The van der Waals surface area contributed by atoms with E-state index >= 15 is 0 Å². The molecular formula is C17H31N4O5+. The lowest BCUT2D eigenvalue weighted by atomic mass is 9.89. The van der Waals surface area contributed by atoms with Crippen LogP contribution in [0.2, 0.25) is 0 Å². The molecule has 0 unspecified atom stereocenters. The van der Waals surface area contributed by atoms with Gasteiger partial charge in [0.15, 0.2) is 6.04 Å². The zero-order valence-electron chi connectivity index (χ0n) is 15.7. The van der Waals surface area contributed by atoms with Crippen molar-refractivity contribution < 1.29 is 29.9 Å². The van der Waals surface area contributed by atoms with Crippen LogP contribution in [0.4, 0.5) is 0 Å². The molecule has 1 aliphatic carbocycles. The molecule has 26 heavy (non-hydrogen) atoms. The maximum Gasteiger partial charge on any atom is 0.278 e. The third-order valence-corrected chi connectivity index (χ3v) is 4.44. The molecule has 0 bridgehead atoms. The number of amides is 3. The lowest BCUT2D eigenvalue weighted by molar-refractivity contribution is -0.646. The molecule has 8 N–H and O–H groups in total. The van der Waals surface area contributed by atoms with Crippen LogP contribution in [0.3, 0.4) is 0 Å². The molecule has 0 heterocycles. The van der Waals surface area contributed by atoms with Crippen molar-refractivity contribution in [1.29, 1.82) is 0 Å². The largest absolute Gasteiger partial charge is 0.390 e. The Hall–Kier alpha value is -1.97. The third-order valence-electron chi connectivity index (χ3n) is 4.44. The molecule has 0 fully saturated rings. The van der Waals surface area contributed by atoms with Crippen molar-refractivity contribution in [2.45, 2.75) is 63.9 Å². The van der Waals surface area contributed by atoms with E-state index in [1.165, 1.54) is 6.08 Å². The van der Waals surface area contributed by atoms with Crippen LogP contribution >= 0.6 is 0 Å². The first-order chi connectivity index (χ1) is 12.1. The number of rotatable bonds is 8. The zero-order chi connectivity index (χ0) is 20.0. The SMILES string of the molecule is C[NH2+][C@@H](C)C(=O)N[C@@H]1C=C(C(=O)N[C@H](CC(C)C)C(N)=O)C[C@@H](O)[C@@H]1O. The summed E-state index contributed by atoms with van der Waals surface area (Å²) in [5.41, 5.74) is 5.52. The lowest BCUT2D eigenvalue weighted by Crippen LogP contribution is -2.88. The van der Waals surface area contributed by atoms with E-state index in [-0.39, 0.29) is 29.9 Å². The van der Waals surface area contributed by atoms with Gasteiger partial charge in [0.05, 0.1) is 19.2 Å². The highest BCUT2D eigenvalue weighted by Crippen LogP contribution is 2.20. The van der Waals surface area contributed by atoms with Crippen molar-refractivity contribution in [3.8, 4) is 0 Å². The summed E-state index contributed by atoms with van der Waals surface area (Å²) in [7, 11) is 1.74. The van der Waals surface area contributed by atoms with Crippen molar-refractivity contribution >= 4 is 17.7 Å². The Kier molecular flexibility index (Phi) is 8.19. The Morgan fingerprint density at radius 1 is 1.31 bits per heavy atom. The molecule has 0 aromatic rings. The Balaban J connectivity index is 2.91. The number of hydrogen-bond donors (Lipinski definition) is 6. The second kappa shape index (κ2) is 9.65. The topological polar surface area (TPSA) is 158 Å². The fourth-order valence-corrected chi connectivity index (χ4v) is 2.68. The summed E-state index contributed by atoms with van der Waals surface area (Å²) in [5.74, 6) is -1.35. The summed E-state index contributed by atoms with van der Waals surface area (Å²) in [4.78, 5) is 36.0. The summed E-state index contributed by atoms with van der Waals surface area (Å²) in [6.07, 6.45) is -0.697. The highest BCUT2D eigenvalue weighted by atomic mass is 16.3. The number of nitrogens with two attached hydrogens (primary N) is 2. The van der Waals surface area contributed by atoms with Crippen molar-refractivity contribution in [2.24, 2.45) is 11.7 Å². The molecular weight excluding hydrogens is 340 g/mol. The molecule has 1 rings (SSSR count). The number of carbonyl (C=O) groups is 3. The molecule has 0 aromatic carbocycles. The van der Waals surface area contributed by atoms with Gasteiger partial charge in [0.2, 0.25) is 11.8 Å². The minimum absolute atomic E-state index is 0.0814. The first-order valence-corrected chi connectivity index (χ1v) is 8.83. The number of carbonyl (C=O) groups excluding carboxylic acids is 3. The minimum atomic E-state index is -1.22. The number of aliphatic hydroxyl groups excluding tert-OH is 2. The predicted octanol–water partition coefficient (Wildman–Crippen LogP) is -2.88. The molecule has 0 spiro atoms. The average Bonchev–Trinajstić information content (AvgIpc) is 2.56. The number of quaternary nitrogens is 1. The first-order valence-electron chi connectivity index (χ1n) is 8.83. The predicted molar refractivity (Wildman–Crippen MR) is 94.5 cm³/mol. The first kappa shape index (κ1) is 22.1. The van der Waals surface area contributed by atoms with Crippen LogP contribution in [0.25, 0.3) is 0 Å². The molecule has 148 valence electrons. The van der Waals surface area contributed by atoms with Gasteiger partial charge in [-0.15, -0.1) is 0 Å². The molecule has 9 heteroatoms. The Bertz CT molecular complexity index is 563. The lowest BCUT2D eigenvalue weighted by Gasteiger charge is -2.31. The van der Waals surface area contributed by atoms with E-state index in [0.29, 0.717) is 6.42 Å². The van der Waals surface area contributed by atoms with Crippen molar-refractivity contribution in [2.75, 3.05) is 7.05 Å². The van der Waals surface area contributed by atoms with Gasteiger partial charge in [0, 0.05) is 12.0 Å². The van der Waals surface area contributed by atoms with Crippen molar-refractivity contribution in [3.63, 3.8) is 0 Å². The Morgan fingerprint density at radius 2 is 1.92 bits per heavy atom. The highest BCUT2D eigenvalue weighted by Gasteiger charge is 2.35. The monoisotopic (exact) mass is 371 g/mol. The van der Waals surface area contributed by atoms with Crippen LogP contribution < -0.4 is 21.7 Å². The number of hydrogen-bond acceptors (Lipinski definition) is 5. The molecule has 0 aromatic heterocycles. The van der Waals surface area contributed by atoms with E-state index in [1.54, 1.807) is 19.3 Å². The van der Waals surface area contributed by atoms with E-state index < -0.39 is 36.1 Å². The van der Waals surface area contributed by atoms with Gasteiger partial charge in [-0.2, -0.15) is 0 Å². The highest BCUT2D eigenvalue weighted by molar-refractivity contribution is 5.97. The molecule has 0 saturated heterocycles. The van der Waals surface area contributed by atoms with Gasteiger partial charge in [0.25, 0.3) is 5.91 Å². The normalized spacial score (nSPS) is 25.2. The van der Waals surface area contributed by atoms with Crippen LogP contribution in [0.15, 0.2) is 11.6 Å². The van der Waals surface area contributed by atoms with E-state index in [9.17, 15) is 24.6 Å². The summed E-state index contributed by atoms with van der Waals surface area (Å²) < 4.78 is 0. The fraction of sp³-hybridized carbons (Fsp3) is 0.706. The molecule has 0 saturated carbocycles. The van der Waals surface area contributed by atoms with E-state index in [2.05, 4.69) is 10.6 Å². The zero-order valence-corrected chi connectivity index (χ0v) is 15.7. The van der Waals surface area contributed by atoms with Gasteiger partial charge >= 0.3 is 0 Å². The van der Waals surface area contributed by atoms with E-state index in [1.807, 2.05) is 13.8 Å². The number of primary amides is 1. The smallest absolute Gasteiger partial charge is 0.278 e. The second-order valence-electron chi connectivity index (χ2n) is 7.17. The molecule has 0 aliphatic heterocycles. The number of nitrogens with one attached hydrogen (secondary N) is 2. The maximum atomic E-state index is 12.5. The average molecular weight is 371 g/mol. The van der Waals surface area contributed by atoms with Gasteiger partial charge in [0.1, 0.15) is 12.1 Å². The summed E-state index contributed by atoms with van der Waals surface area (Å²) in [6.45, 7) is 5.50. The van der Waals surface area contributed by atoms with E-state index in [4.69, 9.17) is 5.73 Å². The third kappa shape index (κ3) is 6.08. The maximum absolute atomic E-state index is 12.5. The molecule has 3 amide bonds. The summed E-state index contributed by atoms with van der Waals surface area (Å²) in [6, 6.07) is -2.10.